The maximum Gasteiger partial charge on any atom is 0.312 e. The zero-order valence-corrected chi connectivity index (χ0v) is 13.6. The SMILES string of the molecule is COC(=O)C[C@H]1C(=O)NCC[NH+]1CC(=O)Nc1ccc(C)cc1F. The third-order valence-corrected chi connectivity index (χ3v) is 3.94. The average molecular weight is 338 g/mol. The fourth-order valence-corrected chi connectivity index (χ4v) is 2.65. The van der Waals surface area contributed by atoms with Crippen molar-refractivity contribution in [2.24, 2.45) is 0 Å². The van der Waals surface area contributed by atoms with Crippen LogP contribution < -0.4 is 15.5 Å². The molecule has 130 valence electrons. The van der Waals surface area contributed by atoms with Crippen LogP contribution in [-0.4, -0.2) is 50.6 Å². The highest BCUT2D eigenvalue weighted by Gasteiger charge is 2.36. The summed E-state index contributed by atoms with van der Waals surface area (Å²) < 4.78 is 18.4. The minimum absolute atomic E-state index is 0.0393. The maximum absolute atomic E-state index is 13.8. The number of amides is 2. The van der Waals surface area contributed by atoms with Crippen molar-refractivity contribution >= 4 is 23.5 Å². The predicted molar refractivity (Wildman–Crippen MR) is 83.9 cm³/mol. The molecule has 24 heavy (non-hydrogen) atoms. The Bertz CT molecular complexity index is 650. The van der Waals surface area contributed by atoms with Crippen LogP contribution >= 0.6 is 0 Å². The summed E-state index contributed by atoms with van der Waals surface area (Å²) in [6.07, 6.45) is -0.107. The summed E-state index contributed by atoms with van der Waals surface area (Å²) in [7, 11) is 1.25. The van der Waals surface area contributed by atoms with Gasteiger partial charge in [-0.25, -0.2) is 4.39 Å². The number of methoxy groups -OCH3 is 1. The van der Waals surface area contributed by atoms with E-state index in [1.807, 2.05) is 0 Å². The van der Waals surface area contributed by atoms with E-state index in [0.29, 0.717) is 18.0 Å². The number of benzene rings is 1. The molecule has 7 nitrogen and oxygen atoms in total. The Kier molecular flexibility index (Phi) is 5.86. The van der Waals surface area contributed by atoms with Gasteiger partial charge < -0.3 is 20.3 Å². The number of rotatable bonds is 5. The Balaban J connectivity index is 2.02. The van der Waals surface area contributed by atoms with Gasteiger partial charge in [0.1, 0.15) is 12.2 Å². The molecular weight excluding hydrogens is 317 g/mol. The number of piperazine rings is 1. The van der Waals surface area contributed by atoms with Crippen molar-refractivity contribution in [3.05, 3.63) is 29.6 Å². The van der Waals surface area contributed by atoms with Gasteiger partial charge in [-0.3, -0.25) is 14.4 Å². The number of esters is 1. The molecular formula is C16H21FN3O4+. The topological polar surface area (TPSA) is 88.9 Å². The quantitative estimate of drug-likeness (QED) is 0.602. The number of hydrogen-bond donors (Lipinski definition) is 3. The van der Waals surface area contributed by atoms with Gasteiger partial charge in [-0.05, 0) is 24.6 Å². The van der Waals surface area contributed by atoms with Crippen LogP contribution in [0.5, 0.6) is 0 Å². The van der Waals surface area contributed by atoms with E-state index >= 15 is 0 Å². The number of halogens is 1. The molecule has 1 unspecified atom stereocenters. The lowest BCUT2D eigenvalue weighted by Gasteiger charge is -2.30. The Morgan fingerprint density at radius 2 is 2.21 bits per heavy atom. The second kappa shape index (κ2) is 7.87. The Labute approximate surface area is 139 Å². The van der Waals surface area contributed by atoms with Crippen molar-refractivity contribution in [3.8, 4) is 0 Å². The molecule has 8 heteroatoms. The van der Waals surface area contributed by atoms with E-state index in [-0.39, 0.29) is 24.6 Å². The molecule has 2 atom stereocenters. The first-order valence-corrected chi connectivity index (χ1v) is 7.66. The summed E-state index contributed by atoms with van der Waals surface area (Å²) in [6, 6.07) is 3.82. The van der Waals surface area contributed by atoms with Crippen LogP contribution in [0.1, 0.15) is 12.0 Å². The van der Waals surface area contributed by atoms with Crippen LogP contribution in [-0.2, 0) is 19.1 Å². The smallest absolute Gasteiger partial charge is 0.312 e. The molecule has 1 aliphatic heterocycles. The van der Waals surface area contributed by atoms with Gasteiger partial charge in [0.2, 0.25) is 0 Å². The fourth-order valence-electron chi connectivity index (χ4n) is 2.65. The predicted octanol–water partition coefficient (Wildman–Crippen LogP) is -0.981. The molecule has 1 saturated heterocycles. The second-order valence-corrected chi connectivity index (χ2v) is 5.74. The Morgan fingerprint density at radius 1 is 1.46 bits per heavy atom. The number of anilines is 1. The molecule has 2 rings (SSSR count). The van der Waals surface area contributed by atoms with Gasteiger partial charge in [-0.15, -0.1) is 0 Å². The van der Waals surface area contributed by atoms with Crippen molar-refractivity contribution in [1.29, 1.82) is 0 Å². The van der Waals surface area contributed by atoms with Crippen molar-refractivity contribution in [2.75, 3.05) is 32.1 Å². The van der Waals surface area contributed by atoms with E-state index < -0.39 is 23.7 Å². The zero-order valence-electron chi connectivity index (χ0n) is 13.6. The average Bonchev–Trinajstić information content (AvgIpc) is 2.53. The lowest BCUT2D eigenvalue weighted by molar-refractivity contribution is -0.909. The van der Waals surface area contributed by atoms with E-state index in [1.54, 1.807) is 13.0 Å². The first kappa shape index (κ1) is 17.9. The molecule has 1 aliphatic rings. The molecule has 2 amide bonds. The molecule has 0 bridgehead atoms. The number of carbonyl (C=O) groups excluding carboxylic acids is 3. The normalized spacial score (nSPS) is 20.2. The highest BCUT2D eigenvalue weighted by atomic mass is 19.1. The molecule has 1 aromatic carbocycles. The number of nitrogens with one attached hydrogen (secondary N) is 3. The van der Waals surface area contributed by atoms with Crippen LogP contribution in [0, 0.1) is 12.7 Å². The molecule has 1 fully saturated rings. The first-order valence-electron chi connectivity index (χ1n) is 7.66. The van der Waals surface area contributed by atoms with Gasteiger partial charge in [-0.1, -0.05) is 6.07 Å². The minimum atomic E-state index is -0.695. The fraction of sp³-hybridized carbons (Fsp3) is 0.438. The summed E-state index contributed by atoms with van der Waals surface area (Å²) in [5.74, 6) is -1.74. The number of aryl methyl sites for hydroxylation is 1. The lowest BCUT2D eigenvalue weighted by atomic mass is 10.1. The van der Waals surface area contributed by atoms with E-state index in [2.05, 4.69) is 15.4 Å². The van der Waals surface area contributed by atoms with E-state index in [1.165, 1.54) is 19.2 Å². The molecule has 0 saturated carbocycles. The molecule has 1 aromatic rings. The Morgan fingerprint density at radius 3 is 2.88 bits per heavy atom. The van der Waals surface area contributed by atoms with Gasteiger partial charge in [0.15, 0.2) is 12.6 Å². The number of ether oxygens (including phenoxy) is 1. The van der Waals surface area contributed by atoms with Crippen molar-refractivity contribution < 1.29 is 28.4 Å². The summed E-state index contributed by atoms with van der Waals surface area (Å²) in [6.45, 7) is 2.63. The van der Waals surface area contributed by atoms with Crippen LogP contribution in [0.3, 0.4) is 0 Å². The lowest BCUT2D eigenvalue weighted by Crippen LogP contribution is -3.20. The van der Waals surface area contributed by atoms with Crippen LogP contribution in [0.4, 0.5) is 10.1 Å². The van der Waals surface area contributed by atoms with E-state index in [0.717, 1.165) is 5.56 Å². The van der Waals surface area contributed by atoms with Crippen LogP contribution in [0.25, 0.3) is 0 Å². The summed E-state index contributed by atoms with van der Waals surface area (Å²) in [5.41, 5.74) is 0.845. The largest absolute Gasteiger partial charge is 0.469 e. The van der Waals surface area contributed by atoms with Crippen molar-refractivity contribution in [1.82, 2.24) is 5.32 Å². The summed E-state index contributed by atoms with van der Waals surface area (Å²) in [4.78, 5) is 36.2. The monoisotopic (exact) mass is 338 g/mol. The molecule has 0 aliphatic carbocycles. The maximum atomic E-state index is 13.8. The summed E-state index contributed by atoms with van der Waals surface area (Å²) in [5, 5.41) is 5.18. The van der Waals surface area contributed by atoms with E-state index in [4.69, 9.17) is 0 Å². The minimum Gasteiger partial charge on any atom is -0.469 e. The molecule has 0 radical (unpaired) electrons. The first-order chi connectivity index (χ1) is 11.4. The molecule has 1 heterocycles. The van der Waals surface area contributed by atoms with Gasteiger partial charge in [0.05, 0.1) is 25.9 Å². The van der Waals surface area contributed by atoms with Gasteiger partial charge in [0.25, 0.3) is 11.8 Å². The van der Waals surface area contributed by atoms with Gasteiger partial charge in [0, 0.05) is 0 Å². The highest BCUT2D eigenvalue weighted by molar-refractivity contribution is 5.92. The standard InChI is InChI=1S/C16H20FN3O4/c1-10-3-4-12(11(17)7-10)19-14(21)9-20-6-5-18-16(23)13(20)8-15(22)24-2/h3-4,7,13H,5-6,8-9H2,1-2H3,(H,18,23)(H,19,21)/p+1/t13-/m0/s1. The van der Waals surface area contributed by atoms with Crippen LogP contribution in [0.15, 0.2) is 18.2 Å². The second-order valence-electron chi connectivity index (χ2n) is 5.74. The zero-order chi connectivity index (χ0) is 17.7. The number of hydrogen-bond acceptors (Lipinski definition) is 4. The van der Waals surface area contributed by atoms with Gasteiger partial charge in [-0.2, -0.15) is 0 Å². The van der Waals surface area contributed by atoms with Gasteiger partial charge >= 0.3 is 5.97 Å². The number of carbonyl (C=O) groups is 3. The van der Waals surface area contributed by atoms with E-state index in [9.17, 15) is 18.8 Å². The molecule has 3 N–H and O–H groups in total. The van der Waals surface area contributed by atoms with Crippen molar-refractivity contribution in [3.63, 3.8) is 0 Å². The Hall–Kier alpha value is -2.48. The third-order valence-electron chi connectivity index (χ3n) is 3.94. The van der Waals surface area contributed by atoms with Crippen molar-refractivity contribution in [2.45, 2.75) is 19.4 Å². The number of quaternary nitrogens is 1. The third kappa shape index (κ3) is 4.51. The highest BCUT2D eigenvalue weighted by Crippen LogP contribution is 2.14. The molecule has 0 spiro atoms. The van der Waals surface area contributed by atoms with Crippen LogP contribution in [0.2, 0.25) is 0 Å². The molecule has 0 aromatic heterocycles. The summed E-state index contributed by atoms with van der Waals surface area (Å²) >= 11 is 0.